The van der Waals surface area contributed by atoms with Crippen LogP contribution in [0.4, 0.5) is 5.69 Å². The molecule has 2 N–H and O–H groups in total. The molecule has 2 heterocycles. The number of ether oxygens (including phenoxy) is 2. The van der Waals surface area contributed by atoms with E-state index in [4.69, 9.17) is 20.2 Å². The van der Waals surface area contributed by atoms with Crippen molar-refractivity contribution in [3.63, 3.8) is 0 Å². The van der Waals surface area contributed by atoms with Gasteiger partial charge >= 0.3 is 0 Å². The van der Waals surface area contributed by atoms with Crippen LogP contribution >= 0.6 is 0 Å². The molecule has 5 heteroatoms. The SMILES string of the molecule is N[C@@]1(c2ccccc2)COCN1c1cc[c]c(C2=N[C@H](c3ccccc3)CO2)c1. The molecule has 5 rings (SSSR count). The molecular formula is C24H22N3O2. The van der Waals surface area contributed by atoms with Crippen LogP contribution in [-0.2, 0) is 15.1 Å². The first-order valence-corrected chi connectivity index (χ1v) is 9.71. The predicted molar refractivity (Wildman–Crippen MR) is 113 cm³/mol. The number of nitrogens with two attached hydrogens (primary N) is 1. The Hall–Kier alpha value is -3.15. The van der Waals surface area contributed by atoms with Gasteiger partial charge in [-0.25, -0.2) is 4.99 Å². The van der Waals surface area contributed by atoms with Crippen LogP contribution in [0.15, 0.2) is 83.9 Å². The highest BCUT2D eigenvalue weighted by atomic mass is 16.5. The summed E-state index contributed by atoms with van der Waals surface area (Å²) in [6, 6.07) is 29.4. The van der Waals surface area contributed by atoms with Gasteiger partial charge < -0.3 is 20.1 Å². The fraction of sp³-hybridized carbons (Fsp3) is 0.208. The molecule has 3 aromatic carbocycles. The number of nitrogens with zero attached hydrogens (tertiary/aromatic N) is 2. The third-order valence-corrected chi connectivity index (χ3v) is 5.46. The standard InChI is InChI=1S/C24H22N3O2/c25-24(20-11-5-2-6-12-20)16-28-17-27(24)21-13-7-10-19(14-21)23-26-22(15-29-23)18-8-3-1-4-9-18/h1-9,11-14,22H,15-17,25H2/t22-,24-/m0/s1. The zero-order chi connectivity index (χ0) is 19.7. The van der Waals surface area contributed by atoms with E-state index in [1.165, 1.54) is 0 Å². The van der Waals surface area contributed by atoms with Gasteiger partial charge in [-0.3, -0.25) is 0 Å². The lowest BCUT2D eigenvalue weighted by molar-refractivity contribution is 0.178. The Labute approximate surface area is 170 Å². The zero-order valence-electron chi connectivity index (χ0n) is 16.0. The minimum Gasteiger partial charge on any atom is -0.475 e. The second kappa shape index (κ2) is 7.35. The minimum atomic E-state index is -0.717. The van der Waals surface area contributed by atoms with E-state index < -0.39 is 5.66 Å². The molecule has 1 fully saturated rings. The van der Waals surface area contributed by atoms with E-state index in [1.54, 1.807) is 0 Å². The van der Waals surface area contributed by atoms with Crippen LogP contribution in [-0.4, -0.2) is 25.8 Å². The van der Waals surface area contributed by atoms with Gasteiger partial charge in [-0.2, -0.15) is 0 Å². The molecule has 0 saturated carbocycles. The fourth-order valence-electron chi connectivity index (χ4n) is 3.87. The Morgan fingerprint density at radius 3 is 2.59 bits per heavy atom. The molecule has 1 radical (unpaired) electrons. The van der Waals surface area contributed by atoms with Crippen molar-refractivity contribution in [3.05, 3.63) is 102 Å². The van der Waals surface area contributed by atoms with Crippen LogP contribution in [0.3, 0.4) is 0 Å². The van der Waals surface area contributed by atoms with Gasteiger partial charge in [0.05, 0.1) is 6.61 Å². The normalized spacial score (nSPS) is 23.7. The van der Waals surface area contributed by atoms with Gasteiger partial charge in [0, 0.05) is 11.3 Å². The first kappa shape index (κ1) is 17.9. The number of benzene rings is 3. The van der Waals surface area contributed by atoms with Crippen molar-refractivity contribution in [2.45, 2.75) is 11.7 Å². The average molecular weight is 384 g/mol. The molecular weight excluding hydrogens is 362 g/mol. The summed E-state index contributed by atoms with van der Waals surface area (Å²) in [5.41, 5.74) is 10.0. The first-order chi connectivity index (χ1) is 14.2. The summed E-state index contributed by atoms with van der Waals surface area (Å²) in [6.45, 7) is 1.39. The van der Waals surface area contributed by atoms with Crippen molar-refractivity contribution in [1.82, 2.24) is 0 Å². The molecule has 2 aliphatic rings. The maximum atomic E-state index is 6.79. The molecule has 2 atom stereocenters. The lowest BCUT2D eigenvalue weighted by atomic mass is 9.99. The van der Waals surface area contributed by atoms with Crippen molar-refractivity contribution in [1.29, 1.82) is 0 Å². The van der Waals surface area contributed by atoms with E-state index in [1.807, 2.05) is 66.7 Å². The smallest absolute Gasteiger partial charge is 0.217 e. The van der Waals surface area contributed by atoms with Gasteiger partial charge in [-0.1, -0.05) is 66.7 Å². The summed E-state index contributed by atoms with van der Waals surface area (Å²) in [7, 11) is 0. The average Bonchev–Trinajstić information content (AvgIpc) is 3.43. The van der Waals surface area contributed by atoms with Crippen LogP contribution in [0.5, 0.6) is 0 Å². The lowest BCUT2D eigenvalue weighted by Crippen LogP contribution is -2.51. The molecule has 145 valence electrons. The number of hydrogen-bond acceptors (Lipinski definition) is 5. The van der Waals surface area contributed by atoms with E-state index in [0.29, 0.717) is 25.8 Å². The van der Waals surface area contributed by atoms with Crippen molar-refractivity contribution in [2.75, 3.05) is 24.8 Å². The van der Waals surface area contributed by atoms with E-state index in [0.717, 1.165) is 22.4 Å². The summed E-state index contributed by atoms with van der Waals surface area (Å²) < 4.78 is 11.6. The molecule has 0 unspecified atom stereocenters. The topological polar surface area (TPSA) is 60.1 Å². The Kier molecular flexibility index (Phi) is 4.54. The Morgan fingerprint density at radius 1 is 1.03 bits per heavy atom. The number of rotatable bonds is 4. The van der Waals surface area contributed by atoms with E-state index in [-0.39, 0.29) is 6.04 Å². The molecule has 0 aromatic heterocycles. The monoisotopic (exact) mass is 384 g/mol. The Bertz CT molecular complexity index is 1020. The summed E-state index contributed by atoms with van der Waals surface area (Å²) in [4.78, 5) is 6.85. The number of hydrogen-bond donors (Lipinski definition) is 1. The van der Waals surface area contributed by atoms with Gasteiger partial charge in [-0.15, -0.1) is 0 Å². The van der Waals surface area contributed by atoms with Crippen molar-refractivity contribution in [2.24, 2.45) is 10.7 Å². The summed E-state index contributed by atoms with van der Waals surface area (Å²) in [6.07, 6.45) is 0. The molecule has 29 heavy (non-hydrogen) atoms. The maximum absolute atomic E-state index is 6.79. The molecule has 0 spiro atoms. The second-order valence-electron chi connectivity index (χ2n) is 7.33. The highest BCUT2D eigenvalue weighted by molar-refractivity contribution is 5.96. The fourth-order valence-corrected chi connectivity index (χ4v) is 3.87. The van der Waals surface area contributed by atoms with E-state index >= 15 is 0 Å². The molecule has 5 nitrogen and oxygen atoms in total. The zero-order valence-corrected chi connectivity index (χ0v) is 16.0. The van der Waals surface area contributed by atoms with E-state index in [9.17, 15) is 0 Å². The van der Waals surface area contributed by atoms with Gasteiger partial charge in [0.1, 0.15) is 25.0 Å². The first-order valence-electron chi connectivity index (χ1n) is 9.71. The molecule has 1 saturated heterocycles. The van der Waals surface area contributed by atoms with Crippen molar-refractivity contribution in [3.8, 4) is 0 Å². The van der Waals surface area contributed by atoms with Gasteiger partial charge in [0.15, 0.2) is 0 Å². The third kappa shape index (κ3) is 3.28. The third-order valence-electron chi connectivity index (χ3n) is 5.46. The highest BCUT2D eigenvalue weighted by Gasteiger charge is 2.40. The van der Waals surface area contributed by atoms with Crippen LogP contribution < -0.4 is 10.6 Å². The Morgan fingerprint density at radius 2 is 1.79 bits per heavy atom. The number of aliphatic imine (C=N–C) groups is 1. The quantitative estimate of drug-likeness (QED) is 0.747. The maximum Gasteiger partial charge on any atom is 0.217 e. The highest BCUT2D eigenvalue weighted by Crippen LogP contribution is 2.34. The van der Waals surface area contributed by atoms with Crippen LogP contribution in [0, 0.1) is 6.07 Å². The summed E-state index contributed by atoms with van der Waals surface area (Å²) >= 11 is 0. The van der Waals surface area contributed by atoms with Crippen LogP contribution in [0.2, 0.25) is 0 Å². The van der Waals surface area contributed by atoms with Gasteiger partial charge in [-0.05, 0) is 29.3 Å². The van der Waals surface area contributed by atoms with Crippen molar-refractivity contribution >= 4 is 11.6 Å². The van der Waals surface area contributed by atoms with Crippen LogP contribution in [0.1, 0.15) is 22.7 Å². The number of anilines is 1. The minimum absolute atomic E-state index is 0.0105. The largest absolute Gasteiger partial charge is 0.475 e. The van der Waals surface area contributed by atoms with Gasteiger partial charge in [0.2, 0.25) is 5.90 Å². The lowest BCUT2D eigenvalue weighted by Gasteiger charge is -2.35. The van der Waals surface area contributed by atoms with E-state index in [2.05, 4.69) is 23.1 Å². The molecule has 3 aromatic rings. The predicted octanol–water partition coefficient (Wildman–Crippen LogP) is 3.61. The molecule has 0 aliphatic carbocycles. The van der Waals surface area contributed by atoms with Crippen molar-refractivity contribution < 1.29 is 9.47 Å². The molecule has 0 amide bonds. The summed E-state index contributed by atoms with van der Waals surface area (Å²) in [5.74, 6) is 0.614. The van der Waals surface area contributed by atoms with Crippen LogP contribution in [0.25, 0.3) is 0 Å². The summed E-state index contributed by atoms with van der Waals surface area (Å²) in [5, 5.41) is 0. The molecule has 2 aliphatic heterocycles. The molecule has 0 bridgehead atoms. The van der Waals surface area contributed by atoms with Gasteiger partial charge in [0.25, 0.3) is 0 Å². The Balaban J connectivity index is 1.45. The second-order valence-corrected chi connectivity index (χ2v) is 7.33.